The van der Waals surface area contributed by atoms with Crippen LogP contribution in [0.2, 0.25) is 0 Å². The van der Waals surface area contributed by atoms with Crippen LogP contribution in [0.5, 0.6) is 11.5 Å². The highest BCUT2D eigenvalue weighted by atomic mass is 16.5. The molecule has 1 aromatic carbocycles. The summed E-state index contributed by atoms with van der Waals surface area (Å²) in [4.78, 5) is 31.2. The Balaban J connectivity index is 2.12. The summed E-state index contributed by atoms with van der Waals surface area (Å²) in [7, 11) is 4.56. The van der Waals surface area contributed by atoms with Gasteiger partial charge in [-0.25, -0.2) is 0 Å². The number of likely N-dealkylation sites (tertiary alicyclic amines) is 1. The van der Waals surface area contributed by atoms with Crippen molar-refractivity contribution in [2.24, 2.45) is 0 Å². The maximum atomic E-state index is 12.9. The van der Waals surface area contributed by atoms with Crippen LogP contribution in [0.4, 0.5) is 0 Å². The smallest absolute Gasteiger partial charge is 0.295 e. The number of hydrogen-bond acceptors (Lipinski definition) is 7. The first-order valence-corrected chi connectivity index (χ1v) is 9.43. The molecule has 2 heterocycles. The Labute approximate surface area is 174 Å². The highest BCUT2D eigenvalue weighted by molar-refractivity contribution is 6.46. The molecular formula is C22H24N2O6. The summed E-state index contributed by atoms with van der Waals surface area (Å²) in [5.41, 5.74) is 1.06. The van der Waals surface area contributed by atoms with Gasteiger partial charge in [-0.05, 0) is 42.3 Å². The number of rotatable bonds is 8. The van der Waals surface area contributed by atoms with E-state index < -0.39 is 17.7 Å². The van der Waals surface area contributed by atoms with Crippen LogP contribution in [0, 0.1) is 0 Å². The van der Waals surface area contributed by atoms with Gasteiger partial charge in [0.25, 0.3) is 11.7 Å². The van der Waals surface area contributed by atoms with E-state index in [-0.39, 0.29) is 11.3 Å². The number of hydrogen-bond donors (Lipinski definition) is 1. The molecule has 1 aromatic heterocycles. The number of pyridine rings is 1. The van der Waals surface area contributed by atoms with Gasteiger partial charge in [0, 0.05) is 38.2 Å². The number of Topliss-reactive ketones (excluding diaryl/α,β-unsaturated/α-hetero) is 1. The van der Waals surface area contributed by atoms with E-state index in [2.05, 4.69) is 4.98 Å². The number of benzene rings is 1. The highest BCUT2D eigenvalue weighted by Crippen LogP contribution is 2.40. The molecular weight excluding hydrogens is 388 g/mol. The van der Waals surface area contributed by atoms with Crippen LogP contribution in [0.15, 0.2) is 48.3 Å². The number of carbonyl (C=O) groups is 2. The first kappa shape index (κ1) is 21.3. The number of amides is 1. The molecule has 2 aromatic rings. The number of aliphatic hydroxyl groups is 1. The summed E-state index contributed by atoms with van der Waals surface area (Å²) >= 11 is 0. The van der Waals surface area contributed by atoms with Gasteiger partial charge in [-0.2, -0.15) is 0 Å². The second-order valence-corrected chi connectivity index (χ2v) is 6.69. The molecule has 1 aliphatic rings. The number of nitrogens with zero attached hydrogens (tertiary/aromatic N) is 2. The normalized spacial score (nSPS) is 18.0. The Morgan fingerprint density at radius 1 is 1.07 bits per heavy atom. The summed E-state index contributed by atoms with van der Waals surface area (Å²) in [6.07, 6.45) is 3.73. The summed E-state index contributed by atoms with van der Waals surface area (Å²) in [5, 5.41) is 11.1. The van der Waals surface area contributed by atoms with Gasteiger partial charge in [0.15, 0.2) is 11.5 Å². The lowest BCUT2D eigenvalue weighted by molar-refractivity contribution is -0.140. The molecule has 3 rings (SSSR count). The molecule has 1 fully saturated rings. The SMILES string of the molecule is COCCCN1C(=O)C(=O)/C(=C(\O)c2ccc(OC)c(OC)c2)C1c1ccncc1. The molecule has 0 aliphatic carbocycles. The second kappa shape index (κ2) is 9.41. The molecule has 1 atom stereocenters. The van der Waals surface area contributed by atoms with Gasteiger partial charge in [-0.1, -0.05) is 0 Å². The van der Waals surface area contributed by atoms with Gasteiger partial charge in [-0.3, -0.25) is 14.6 Å². The number of ketones is 1. The van der Waals surface area contributed by atoms with Crippen LogP contribution in [-0.2, 0) is 14.3 Å². The molecule has 1 saturated heterocycles. The third-order valence-electron chi connectivity index (χ3n) is 4.97. The number of carbonyl (C=O) groups excluding carboxylic acids is 2. The quantitative estimate of drug-likeness (QED) is 0.308. The summed E-state index contributed by atoms with van der Waals surface area (Å²) < 4.78 is 15.6. The van der Waals surface area contributed by atoms with E-state index in [9.17, 15) is 14.7 Å². The molecule has 8 heteroatoms. The Morgan fingerprint density at radius 2 is 1.77 bits per heavy atom. The van der Waals surface area contributed by atoms with E-state index in [0.29, 0.717) is 42.2 Å². The van der Waals surface area contributed by atoms with E-state index in [1.165, 1.54) is 19.1 Å². The zero-order valence-electron chi connectivity index (χ0n) is 17.1. The van der Waals surface area contributed by atoms with Gasteiger partial charge in [0.05, 0.1) is 25.8 Å². The molecule has 0 radical (unpaired) electrons. The molecule has 1 amide bonds. The van der Waals surface area contributed by atoms with Crippen molar-refractivity contribution in [2.45, 2.75) is 12.5 Å². The Morgan fingerprint density at radius 3 is 2.40 bits per heavy atom. The van der Waals surface area contributed by atoms with E-state index in [0.717, 1.165) is 0 Å². The van der Waals surface area contributed by atoms with Crippen molar-refractivity contribution in [2.75, 3.05) is 34.5 Å². The Bertz CT molecular complexity index is 957. The fourth-order valence-electron chi connectivity index (χ4n) is 3.52. The van der Waals surface area contributed by atoms with Crippen LogP contribution in [-0.4, -0.2) is 61.2 Å². The molecule has 1 aliphatic heterocycles. The maximum absolute atomic E-state index is 12.9. The average Bonchev–Trinajstić information content (AvgIpc) is 3.03. The van der Waals surface area contributed by atoms with Crippen LogP contribution < -0.4 is 9.47 Å². The molecule has 0 spiro atoms. The second-order valence-electron chi connectivity index (χ2n) is 6.69. The fourth-order valence-corrected chi connectivity index (χ4v) is 3.52. The number of methoxy groups -OCH3 is 3. The monoisotopic (exact) mass is 412 g/mol. The van der Waals surface area contributed by atoms with Gasteiger partial charge in [0.1, 0.15) is 5.76 Å². The first-order valence-electron chi connectivity index (χ1n) is 9.43. The molecule has 30 heavy (non-hydrogen) atoms. The van der Waals surface area contributed by atoms with Crippen LogP contribution in [0.25, 0.3) is 5.76 Å². The molecule has 1 unspecified atom stereocenters. The van der Waals surface area contributed by atoms with E-state index >= 15 is 0 Å². The number of aromatic nitrogens is 1. The van der Waals surface area contributed by atoms with Crippen molar-refractivity contribution in [3.8, 4) is 11.5 Å². The molecule has 1 N–H and O–H groups in total. The molecule has 0 bridgehead atoms. The Hall–Kier alpha value is -3.39. The van der Waals surface area contributed by atoms with Gasteiger partial charge in [0.2, 0.25) is 0 Å². The average molecular weight is 412 g/mol. The topological polar surface area (TPSA) is 98.2 Å². The molecule has 158 valence electrons. The van der Waals surface area contributed by atoms with Crippen molar-refractivity contribution in [1.29, 1.82) is 0 Å². The first-order chi connectivity index (χ1) is 14.5. The summed E-state index contributed by atoms with van der Waals surface area (Å²) in [5.74, 6) is -0.780. The maximum Gasteiger partial charge on any atom is 0.295 e. The zero-order chi connectivity index (χ0) is 21.7. The van der Waals surface area contributed by atoms with Crippen molar-refractivity contribution in [3.05, 3.63) is 59.4 Å². The largest absolute Gasteiger partial charge is 0.507 e. The van der Waals surface area contributed by atoms with Crippen LogP contribution >= 0.6 is 0 Å². The Kier molecular flexibility index (Phi) is 6.68. The lowest BCUT2D eigenvalue weighted by Crippen LogP contribution is -2.31. The van der Waals surface area contributed by atoms with Crippen LogP contribution in [0.1, 0.15) is 23.6 Å². The van der Waals surface area contributed by atoms with Gasteiger partial charge < -0.3 is 24.2 Å². The summed E-state index contributed by atoms with van der Waals surface area (Å²) in [6.45, 7) is 0.760. The lowest BCUT2D eigenvalue weighted by atomic mass is 9.96. The molecule has 0 saturated carbocycles. The fraction of sp³-hybridized carbons (Fsp3) is 0.318. The van der Waals surface area contributed by atoms with Crippen molar-refractivity contribution in [3.63, 3.8) is 0 Å². The van der Waals surface area contributed by atoms with Gasteiger partial charge >= 0.3 is 0 Å². The van der Waals surface area contributed by atoms with E-state index in [4.69, 9.17) is 14.2 Å². The van der Waals surface area contributed by atoms with Crippen LogP contribution in [0.3, 0.4) is 0 Å². The predicted molar refractivity (Wildman–Crippen MR) is 109 cm³/mol. The van der Waals surface area contributed by atoms with Crippen molar-refractivity contribution in [1.82, 2.24) is 9.88 Å². The highest BCUT2D eigenvalue weighted by Gasteiger charge is 2.45. The third kappa shape index (κ3) is 3.99. The number of ether oxygens (including phenoxy) is 3. The van der Waals surface area contributed by atoms with E-state index in [1.54, 1.807) is 49.8 Å². The zero-order valence-corrected chi connectivity index (χ0v) is 17.1. The van der Waals surface area contributed by atoms with Crippen molar-refractivity contribution >= 4 is 17.4 Å². The van der Waals surface area contributed by atoms with E-state index in [1.807, 2.05) is 0 Å². The van der Waals surface area contributed by atoms with Gasteiger partial charge in [-0.15, -0.1) is 0 Å². The minimum Gasteiger partial charge on any atom is -0.507 e. The minimum absolute atomic E-state index is 0.0239. The predicted octanol–water partition coefficient (Wildman–Crippen LogP) is 2.56. The third-order valence-corrected chi connectivity index (χ3v) is 4.97. The standard InChI is InChI=1S/C22H24N2O6/c1-28-12-4-11-24-19(14-7-9-23-10-8-14)18(21(26)22(24)27)20(25)15-5-6-16(29-2)17(13-15)30-3/h5-10,13,19,25H,4,11-12H2,1-3H3/b20-18-. The summed E-state index contributed by atoms with van der Waals surface area (Å²) in [6, 6.07) is 7.53. The lowest BCUT2D eigenvalue weighted by Gasteiger charge is -2.25. The minimum atomic E-state index is -0.735. The molecule has 8 nitrogen and oxygen atoms in total. The number of aliphatic hydroxyl groups excluding tert-OH is 1. The van der Waals surface area contributed by atoms with Crippen molar-refractivity contribution < 1.29 is 28.9 Å².